The standard InChI is InChI=1S/C21H25N3O6/c1-21(2)19(23(25)26)17(13-5-9-15(29-3)10-6-13)22-18(20(21)24(27)28)14-7-11-16(30-4)12-8-14/h5-12,17-20,22H,1-4H3/t17-,18-,19-,20-/m1/s1. The fourth-order valence-electron chi connectivity index (χ4n) is 4.38. The minimum atomic E-state index is -1.23. The van der Waals surface area contributed by atoms with Crippen LogP contribution in [0.5, 0.6) is 11.5 Å². The lowest BCUT2D eigenvalue weighted by Gasteiger charge is -2.44. The van der Waals surface area contributed by atoms with Crippen LogP contribution in [0.1, 0.15) is 37.1 Å². The zero-order valence-electron chi connectivity index (χ0n) is 17.3. The van der Waals surface area contributed by atoms with Crippen LogP contribution < -0.4 is 14.8 Å². The van der Waals surface area contributed by atoms with Gasteiger partial charge in [0.15, 0.2) is 0 Å². The summed E-state index contributed by atoms with van der Waals surface area (Å²) in [4.78, 5) is 23.3. The first kappa shape index (κ1) is 21.5. The Hall–Kier alpha value is -3.20. The molecule has 0 bridgehead atoms. The number of methoxy groups -OCH3 is 2. The van der Waals surface area contributed by atoms with E-state index in [4.69, 9.17) is 9.47 Å². The first-order valence-electron chi connectivity index (χ1n) is 9.51. The van der Waals surface area contributed by atoms with Crippen LogP contribution in [0.15, 0.2) is 48.5 Å². The summed E-state index contributed by atoms with van der Waals surface area (Å²) in [7, 11) is 3.08. The van der Waals surface area contributed by atoms with E-state index in [1.807, 2.05) is 0 Å². The molecule has 1 heterocycles. The lowest BCUT2D eigenvalue weighted by atomic mass is 9.66. The summed E-state index contributed by atoms with van der Waals surface area (Å²) in [6.07, 6.45) is 0. The van der Waals surface area contributed by atoms with E-state index in [1.165, 1.54) is 14.2 Å². The Morgan fingerprint density at radius 1 is 0.767 bits per heavy atom. The van der Waals surface area contributed by atoms with Crippen molar-refractivity contribution in [2.45, 2.75) is 38.0 Å². The number of piperidine rings is 1. The molecule has 1 N–H and O–H groups in total. The van der Waals surface area contributed by atoms with Crippen molar-refractivity contribution < 1.29 is 19.3 Å². The Morgan fingerprint density at radius 2 is 1.10 bits per heavy atom. The number of benzene rings is 2. The maximum absolute atomic E-state index is 12.1. The molecule has 1 aliphatic rings. The van der Waals surface area contributed by atoms with Gasteiger partial charge in [-0.3, -0.25) is 25.5 Å². The van der Waals surface area contributed by atoms with Gasteiger partial charge in [0, 0.05) is 9.85 Å². The van der Waals surface area contributed by atoms with E-state index in [0.29, 0.717) is 22.6 Å². The van der Waals surface area contributed by atoms with Crippen LogP contribution in [0.25, 0.3) is 0 Å². The van der Waals surface area contributed by atoms with Crippen LogP contribution in [0.2, 0.25) is 0 Å². The van der Waals surface area contributed by atoms with E-state index in [-0.39, 0.29) is 0 Å². The molecule has 3 rings (SSSR count). The molecule has 160 valence electrons. The van der Waals surface area contributed by atoms with Crippen molar-refractivity contribution in [2.24, 2.45) is 5.41 Å². The third kappa shape index (κ3) is 3.80. The van der Waals surface area contributed by atoms with Crippen molar-refractivity contribution in [3.05, 3.63) is 79.9 Å². The summed E-state index contributed by atoms with van der Waals surface area (Å²) in [5.41, 5.74) is 0.115. The van der Waals surface area contributed by atoms with Crippen LogP contribution >= 0.6 is 0 Å². The lowest BCUT2D eigenvalue weighted by Crippen LogP contribution is -2.63. The third-order valence-electron chi connectivity index (χ3n) is 5.92. The zero-order chi connectivity index (χ0) is 22.1. The van der Waals surface area contributed by atoms with Crippen molar-refractivity contribution in [2.75, 3.05) is 14.2 Å². The van der Waals surface area contributed by atoms with Crippen molar-refractivity contribution in [1.82, 2.24) is 5.32 Å². The molecule has 0 aromatic heterocycles. The molecule has 2 aromatic rings. The van der Waals surface area contributed by atoms with Gasteiger partial charge in [-0.1, -0.05) is 24.3 Å². The number of ether oxygens (including phenoxy) is 2. The fourth-order valence-corrected chi connectivity index (χ4v) is 4.38. The van der Waals surface area contributed by atoms with Crippen molar-refractivity contribution in [3.63, 3.8) is 0 Å². The highest BCUT2D eigenvalue weighted by Crippen LogP contribution is 2.47. The van der Waals surface area contributed by atoms with Gasteiger partial charge in [-0.05, 0) is 49.2 Å². The second-order valence-corrected chi connectivity index (χ2v) is 7.95. The number of nitrogens with one attached hydrogen (secondary N) is 1. The predicted octanol–water partition coefficient (Wildman–Crippen LogP) is 3.41. The summed E-state index contributed by atoms with van der Waals surface area (Å²) in [5, 5.41) is 27.4. The lowest BCUT2D eigenvalue weighted by molar-refractivity contribution is -0.605. The maximum Gasteiger partial charge on any atom is 0.243 e. The number of rotatable bonds is 6. The Kier molecular flexibility index (Phi) is 5.93. The predicted molar refractivity (Wildman–Crippen MR) is 110 cm³/mol. The van der Waals surface area contributed by atoms with Crippen LogP contribution in [0, 0.1) is 25.6 Å². The highest BCUT2D eigenvalue weighted by atomic mass is 16.6. The second kappa shape index (κ2) is 8.27. The van der Waals surface area contributed by atoms with E-state index < -0.39 is 39.4 Å². The van der Waals surface area contributed by atoms with Gasteiger partial charge in [-0.2, -0.15) is 0 Å². The maximum atomic E-state index is 12.1. The molecule has 0 radical (unpaired) electrons. The summed E-state index contributed by atoms with van der Waals surface area (Å²) in [6, 6.07) is 10.1. The molecule has 1 saturated heterocycles. The van der Waals surface area contributed by atoms with Crippen molar-refractivity contribution in [3.8, 4) is 11.5 Å². The van der Waals surface area contributed by atoms with E-state index in [9.17, 15) is 20.2 Å². The van der Waals surface area contributed by atoms with Gasteiger partial charge in [0.25, 0.3) is 0 Å². The van der Waals surface area contributed by atoms with Gasteiger partial charge in [0.05, 0.1) is 14.2 Å². The Labute approximate surface area is 174 Å². The van der Waals surface area contributed by atoms with Gasteiger partial charge in [0.2, 0.25) is 12.1 Å². The fraction of sp³-hybridized carbons (Fsp3) is 0.429. The Bertz CT molecular complexity index is 840. The molecular weight excluding hydrogens is 390 g/mol. The van der Waals surface area contributed by atoms with Crippen LogP contribution in [-0.2, 0) is 0 Å². The summed E-state index contributed by atoms with van der Waals surface area (Å²) >= 11 is 0. The zero-order valence-corrected chi connectivity index (χ0v) is 17.3. The monoisotopic (exact) mass is 415 g/mol. The van der Waals surface area contributed by atoms with Crippen molar-refractivity contribution >= 4 is 0 Å². The minimum Gasteiger partial charge on any atom is -0.497 e. The molecule has 30 heavy (non-hydrogen) atoms. The van der Waals surface area contributed by atoms with Gasteiger partial charge in [-0.15, -0.1) is 0 Å². The molecule has 9 heteroatoms. The Morgan fingerprint density at radius 3 is 1.37 bits per heavy atom. The molecule has 1 fully saturated rings. The highest BCUT2D eigenvalue weighted by Gasteiger charge is 2.62. The quantitative estimate of drug-likeness (QED) is 0.567. The SMILES string of the molecule is COc1ccc([C@H]2N[C@H](c3ccc(OC)cc3)[C@@H]([N+](=O)[O-])C(C)(C)[C@@H]2[N+](=O)[O-])cc1. The normalized spacial score (nSPS) is 25.3. The molecule has 2 aromatic carbocycles. The highest BCUT2D eigenvalue weighted by molar-refractivity contribution is 5.34. The minimum absolute atomic E-state index is 0.414. The molecule has 0 aliphatic carbocycles. The summed E-state index contributed by atoms with van der Waals surface area (Å²) in [5.74, 6) is 1.25. The van der Waals surface area contributed by atoms with E-state index >= 15 is 0 Å². The molecule has 4 atom stereocenters. The topological polar surface area (TPSA) is 117 Å². The first-order valence-corrected chi connectivity index (χ1v) is 9.51. The van der Waals surface area contributed by atoms with Crippen LogP contribution in [0.3, 0.4) is 0 Å². The van der Waals surface area contributed by atoms with Gasteiger partial charge >= 0.3 is 0 Å². The molecule has 1 aliphatic heterocycles. The summed E-state index contributed by atoms with van der Waals surface area (Å²) in [6.45, 7) is 3.20. The average Bonchev–Trinajstić information content (AvgIpc) is 2.71. The van der Waals surface area contributed by atoms with Gasteiger partial charge < -0.3 is 9.47 Å². The van der Waals surface area contributed by atoms with E-state index in [0.717, 1.165) is 0 Å². The van der Waals surface area contributed by atoms with Crippen molar-refractivity contribution in [1.29, 1.82) is 0 Å². The molecule has 0 spiro atoms. The number of hydrogen-bond acceptors (Lipinski definition) is 7. The van der Waals surface area contributed by atoms with Crippen LogP contribution in [-0.4, -0.2) is 36.1 Å². The van der Waals surface area contributed by atoms with Gasteiger partial charge in [0.1, 0.15) is 29.0 Å². The molecule has 0 saturated carbocycles. The first-order chi connectivity index (χ1) is 14.2. The molecule has 0 amide bonds. The largest absolute Gasteiger partial charge is 0.497 e. The average molecular weight is 415 g/mol. The third-order valence-corrected chi connectivity index (χ3v) is 5.92. The Balaban J connectivity index is 2.11. The number of hydrogen-bond donors (Lipinski definition) is 1. The van der Waals surface area contributed by atoms with Gasteiger partial charge in [-0.25, -0.2) is 0 Å². The van der Waals surface area contributed by atoms with E-state index in [1.54, 1.807) is 62.4 Å². The summed E-state index contributed by atoms with van der Waals surface area (Å²) < 4.78 is 10.4. The van der Waals surface area contributed by atoms with E-state index in [2.05, 4.69) is 5.32 Å². The smallest absolute Gasteiger partial charge is 0.243 e. The second-order valence-electron chi connectivity index (χ2n) is 7.95. The van der Waals surface area contributed by atoms with Crippen LogP contribution in [0.4, 0.5) is 0 Å². The molecular formula is C21H25N3O6. The number of nitro groups is 2. The molecule has 0 unspecified atom stereocenters. The number of nitrogens with zero attached hydrogens (tertiary/aromatic N) is 2. The molecule has 9 nitrogen and oxygen atoms in total.